The monoisotopic (exact) mass is 175 g/mol. The van der Waals surface area contributed by atoms with Crippen LogP contribution in [0, 0.1) is 25.2 Å². The van der Waals surface area contributed by atoms with E-state index in [9.17, 15) is 0 Å². The van der Waals surface area contributed by atoms with Crippen LogP contribution in [0.25, 0.3) is 5.57 Å². The lowest BCUT2D eigenvalue weighted by atomic mass is 10.1. The summed E-state index contributed by atoms with van der Waals surface area (Å²) in [7, 11) is 1.91. The molecule has 0 N–H and O–H groups in total. The number of hydrogen-bond acceptors (Lipinski definition) is 2. The lowest BCUT2D eigenvalue weighted by Gasteiger charge is -1.99. The molecule has 0 saturated carbocycles. The number of hydrogen-bond donors (Lipinski definition) is 0. The van der Waals surface area contributed by atoms with Gasteiger partial charge >= 0.3 is 0 Å². The zero-order chi connectivity index (χ0) is 10.0. The number of aryl methyl sites for hydroxylation is 2. The molecule has 13 heavy (non-hydrogen) atoms. The molecule has 1 aromatic heterocycles. The standard InChI is InChI=1S/C10H13N3/c1-7(5-6-11)10-8(2)12-13(4)9(10)3/h5H,1-4H3. The number of aromatic nitrogens is 2. The Hall–Kier alpha value is -1.56. The van der Waals surface area contributed by atoms with E-state index in [1.807, 2.05) is 38.6 Å². The van der Waals surface area contributed by atoms with Crippen molar-refractivity contribution in [3.8, 4) is 6.07 Å². The number of rotatable bonds is 1. The molecule has 0 aromatic carbocycles. The maximum absolute atomic E-state index is 8.53. The molecule has 1 heterocycles. The van der Waals surface area contributed by atoms with E-state index >= 15 is 0 Å². The second-order valence-corrected chi connectivity index (χ2v) is 3.13. The van der Waals surface area contributed by atoms with Crippen molar-refractivity contribution >= 4 is 5.57 Å². The average Bonchev–Trinajstić information content (AvgIpc) is 2.27. The Kier molecular flexibility index (Phi) is 2.52. The maximum Gasteiger partial charge on any atom is 0.0915 e. The Labute approximate surface area is 78.3 Å². The average molecular weight is 175 g/mol. The van der Waals surface area contributed by atoms with Gasteiger partial charge in [0.2, 0.25) is 0 Å². The fraction of sp³-hybridized carbons (Fsp3) is 0.400. The minimum Gasteiger partial charge on any atom is -0.272 e. The first-order valence-corrected chi connectivity index (χ1v) is 4.15. The highest BCUT2D eigenvalue weighted by Crippen LogP contribution is 2.20. The summed E-state index contributed by atoms with van der Waals surface area (Å²) in [5, 5.41) is 12.8. The lowest BCUT2D eigenvalue weighted by Crippen LogP contribution is -1.93. The molecular weight excluding hydrogens is 162 g/mol. The Balaban J connectivity index is 3.31. The molecule has 0 aliphatic carbocycles. The first-order chi connectivity index (χ1) is 6.07. The normalized spacial score (nSPS) is 11.5. The third-order valence-corrected chi connectivity index (χ3v) is 2.18. The van der Waals surface area contributed by atoms with E-state index in [1.165, 1.54) is 0 Å². The molecule has 0 fully saturated rings. The summed E-state index contributed by atoms with van der Waals surface area (Å²) >= 11 is 0. The van der Waals surface area contributed by atoms with Gasteiger partial charge in [-0.25, -0.2) is 0 Å². The highest BCUT2D eigenvalue weighted by atomic mass is 15.3. The summed E-state index contributed by atoms with van der Waals surface area (Å²) in [5.41, 5.74) is 4.14. The molecule has 3 nitrogen and oxygen atoms in total. The topological polar surface area (TPSA) is 41.6 Å². The smallest absolute Gasteiger partial charge is 0.0915 e. The van der Waals surface area contributed by atoms with Gasteiger partial charge in [0.1, 0.15) is 0 Å². The van der Waals surface area contributed by atoms with Gasteiger partial charge < -0.3 is 0 Å². The van der Waals surface area contributed by atoms with Crippen molar-refractivity contribution in [1.29, 1.82) is 5.26 Å². The third-order valence-electron chi connectivity index (χ3n) is 2.18. The van der Waals surface area contributed by atoms with Crippen LogP contribution < -0.4 is 0 Å². The zero-order valence-corrected chi connectivity index (χ0v) is 8.42. The van der Waals surface area contributed by atoms with Crippen LogP contribution in [0.1, 0.15) is 23.9 Å². The predicted octanol–water partition coefficient (Wildman–Crippen LogP) is 1.96. The van der Waals surface area contributed by atoms with E-state index in [-0.39, 0.29) is 0 Å². The highest BCUT2D eigenvalue weighted by Gasteiger charge is 2.09. The van der Waals surface area contributed by atoms with E-state index in [0.29, 0.717) is 0 Å². The Bertz CT molecular complexity index is 391. The number of allylic oxidation sites excluding steroid dienone is 2. The van der Waals surface area contributed by atoms with E-state index in [1.54, 1.807) is 6.08 Å². The molecule has 0 atom stereocenters. The van der Waals surface area contributed by atoms with Gasteiger partial charge in [-0.3, -0.25) is 4.68 Å². The van der Waals surface area contributed by atoms with Gasteiger partial charge in [-0.1, -0.05) is 0 Å². The minimum absolute atomic E-state index is 0.976. The van der Waals surface area contributed by atoms with Gasteiger partial charge in [0, 0.05) is 24.4 Å². The predicted molar refractivity (Wildman–Crippen MR) is 51.9 cm³/mol. The molecule has 1 aromatic rings. The van der Waals surface area contributed by atoms with Gasteiger partial charge in [0.05, 0.1) is 11.8 Å². The van der Waals surface area contributed by atoms with Crippen LogP contribution in [0.2, 0.25) is 0 Å². The van der Waals surface area contributed by atoms with Crippen molar-refractivity contribution in [2.75, 3.05) is 0 Å². The van der Waals surface area contributed by atoms with Crippen molar-refractivity contribution < 1.29 is 0 Å². The molecule has 0 bridgehead atoms. The molecule has 3 heteroatoms. The summed E-state index contributed by atoms with van der Waals surface area (Å²) in [4.78, 5) is 0. The van der Waals surface area contributed by atoms with E-state index in [4.69, 9.17) is 5.26 Å². The summed E-state index contributed by atoms with van der Waals surface area (Å²) in [6.45, 7) is 5.89. The summed E-state index contributed by atoms with van der Waals surface area (Å²) < 4.78 is 1.83. The van der Waals surface area contributed by atoms with Gasteiger partial charge in [-0.05, 0) is 26.3 Å². The van der Waals surface area contributed by atoms with Crippen LogP contribution in [0.3, 0.4) is 0 Å². The fourth-order valence-corrected chi connectivity index (χ4v) is 1.51. The van der Waals surface area contributed by atoms with Crippen LogP contribution in [0.4, 0.5) is 0 Å². The fourth-order valence-electron chi connectivity index (χ4n) is 1.51. The molecular formula is C10H13N3. The Morgan fingerprint density at radius 1 is 1.54 bits per heavy atom. The number of nitrogens with zero attached hydrogens (tertiary/aromatic N) is 3. The van der Waals surface area contributed by atoms with Gasteiger partial charge in [-0.2, -0.15) is 10.4 Å². The van der Waals surface area contributed by atoms with Gasteiger partial charge in [-0.15, -0.1) is 0 Å². The van der Waals surface area contributed by atoms with E-state index in [0.717, 1.165) is 22.5 Å². The Morgan fingerprint density at radius 3 is 2.54 bits per heavy atom. The molecule has 0 aliphatic heterocycles. The summed E-state index contributed by atoms with van der Waals surface area (Å²) in [6, 6.07) is 2.03. The zero-order valence-electron chi connectivity index (χ0n) is 8.42. The first kappa shape index (κ1) is 9.53. The van der Waals surface area contributed by atoms with Crippen LogP contribution in [0.15, 0.2) is 6.08 Å². The molecule has 0 unspecified atom stereocenters. The van der Waals surface area contributed by atoms with Crippen LogP contribution >= 0.6 is 0 Å². The van der Waals surface area contributed by atoms with Crippen molar-refractivity contribution in [2.45, 2.75) is 20.8 Å². The summed E-state index contributed by atoms with van der Waals surface area (Å²) in [6.07, 6.45) is 1.55. The molecule has 0 amide bonds. The molecule has 0 saturated heterocycles. The quantitative estimate of drug-likeness (QED) is 0.612. The minimum atomic E-state index is 0.976. The molecule has 0 aliphatic rings. The lowest BCUT2D eigenvalue weighted by molar-refractivity contribution is 0.731. The molecule has 0 radical (unpaired) electrons. The molecule has 1 rings (SSSR count). The summed E-state index contributed by atoms with van der Waals surface area (Å²) in [5.74, 6) is 0. The van der Waals surface area contributed by atoms with Gasteiger partial charge in [0.25, 0.3) is 0 Å². The molecule has 0 spiro atoms. The maximum atomic E-state index is 8.53. The third kappa shape index (κ3) is 1.62. The second-order valence-electron chi connectivity index (χ2n) is 3.13. The van der Waals surface area contributed by atoms with Crippen molar-refractivity contribution in [3.05, 3.63) is 23.0 Å². The van der Waals surface area contributed by atoms with Crippen LogP contribution in [0.5, 0.6) is 0 Å². The SMILES string of the molecule is CC(=CC#N)c1c(C)nn(C)c1C. The molecule has 68 valence electrons. The van der Waals surface area contributed by atoms with E-state index < -0.39 is 0 Å². The van der Waals surface area contributed by atoms with Crippen molar-refractivity contribution in [1.82, 2.24) is 9.78 Å². The van der Waals surface area contributed by atoms with Crippen molar-refractivity contribution in [3.63, 3.8) is 0 Å². The largest absolute Gasteiger partial charge is 0.272 e. The second kappa shape index (κ2) is 3.44. The van der Waals surface area contributed by atoms with Crippen LogP contribution in [-0.4, -0.2) is 9.78 Å². The number of nitriles is 1. The van der Waals surface area contributed by atoms with Crippen molar-refractivity contribution in [2.24, 2.45) is 7.05 Å². The van der Waals surface area contributed by atoms with Gasteiger partial charge in [0.15, 0.2) is 0 Å². The Morgan fingerprint density at radius 2 is 2.15 bits per heavy atom. The first-order valence-electron chi connectivity index (χ1n) is 4.15. The van der Waals surface area contributed by atoms with E-state index in [2.05, 4.69) is 5.10 Å². The van der Waals surface area contributed by atoms with Crippen LogP contribution in [-0.2, 0) is 7.05 Å². The highest BCUT2D eigenvalue weighted by molar-refractivity contribution is 5.69.